The van der Waals surface area contributed by atoms with Crippen molar-refractivity contribution in [2.24, 2.45) is 35.5 Å². The summed E-state index contributed by atoms with van der Waals surface area (Å²) in [6.07, 6.45) is 43.2. The van der Waals surface area contributed by atoms with Crippen LogP contribution in [0.15, 0.2) is 150 Å². The van der Waals surface area contributed by atoms with Crippen LogP contribution in [-0.4, -0.2) is 49.4 Å². The van der Waals surface area contributed by atoms with Gasteiger partial charge in [-0.3, -0.25) is 14.4 Å². The van der Waals surface area contributed by atoms with Gasteiger partial charge in [-0.2, -0.15) is 24.0 Å². The van der Waals surface area contributed by atoms with Crippen LogP contribution >= 0.6 is 102 Å². The minimum atomic E-state index is -4.93. The average Bonchev–Trinajstić information content (AvgIpc) is 0.696. The molecule has 0 spiro atoms. The predicted molar refractivity (Wildman–Crippen MR) is 573 cm³/mol. The third kappa shape index (κ3) is 36.9. The Kier molecular flexibility index (Phi) is 56.9. The number of unbranched alkanes of at least 4 members (excludes halogenated alkanes) is 1. The fourth-order valence-electron chi connectivity index (χ4n) is 20.3. The molecule has 8 nitrogen and oxygen atoms in total. The van der Waals surface area contributed by atoms with E-state index in [2.05, 4.69) is 146 Å². The molecule has 1 radical (unpaired) electrons. The van der Waals surface area contributed by atoms with Gasteiger partial charge in [-0.1, -0.05) is 238 Å². The number of fused-ring (bicyclic) bond motifs is 3. The van der Waals surface area contributed by atoms with Gasteiger partial charge in [-0.15, -0.1) is 0 Å². The van der Waals surface area contributed by atoms with Crippen LogP contribution in [-0.2, 0) is 22.2 Å². The third-order valence-corrected chi connectivity index (χ3v) is 31.5. The van der Waals surface area contributed by atoms with E-state index in [0.29, 0.717) is 94.2 Å². The molecule has 775 valence electrons. The summed E-state index contributed by atoms with van der Waals surface area (Å²) >= 11 is 18.2. The Labute approximate surface area is 905 Å². The van der Waals surface area contributed by atoms with E-state index in [4.69, 9.17) is 14.5 Å². The zero-order valence-electron chi connectivity index (χ0n) is 84.0. The van der Waals surface area contributed by atoms with E-state index in [1.165, 1.54) is 152 Å². The van der Waals surface area contributed by atoms with Gasteiger partial charge in [-0.25, -0.2) is 35.1 Å². The molecule has 5 fully saturated rings. The molecule has 0 amide bonds. The van der Waals surface area contributed by atoms with E-state index in [-0.39, 0.29) is 94.6 Å². The van der Waals surface area contributed by atoms with Crippen molar-refractivity contribution in [3.63, 3.8) is 0 Å². The Morgan fingerprint density at radius 2 is 0.789 bits per heavy atom. The summed E-state index contributed by atoms with van der Waals surface area (Å²) in [5.41, 5.74) is -0.611. The van der Waals surface area contributed by atoms with Gasteiger partial charge in [0.15, 0.2) is 35.7 Å². The van der Waals surface area contributed by atoms with E-state index in [1.807, 2.05) is 59.0 Å². The average molecular weight is 2410 g/mol. The van der Waals surface area contributed by atoms with Crippen molar-refractivity contribution in [2.75, 3.05) is 13.2 Å². The van der Waals surface area contributed by atoms with Gasteiger partial charge in [0, 0.05) is 49.9 Å². The maximum absolute atomic E-state index is 15.5. The molecular weight excluding hydrogens is 2270 g/mol. The molecule has 5 saturated carbocycles. The Balaban J connectivity index is 0.000000253. The number of halogens is 18. The van der Waals surface area contributed by atoms with Gasteiger partial charge in [0.25, 0.3) is 0 Å². The van der Waals surface area contributed by atoms with Crippen LogP contribution in [0.5, 0.6) is 17.2 Å². The van der Waals surface area contributed by atoms with E-state index in [1.54, 1.807) is 43.3 Å². The Morgan fingerprint density at radius 3 is 1.22 bits per heavy atom. The van der Waals surface area contributed by atoms with E-state index < -0.39 is 62.9 Å². The molecule has 0 bridgehead atoms. The normalized spacial score (nSPS) is 20.7. The van der Waals surface area contributed by atoms with Crippen molar-refractivity contribution in [1.82, 2.24) is 0 Å². The molecule has 1 atom stereocenters. The molecular formula is C114H141BBr5F12ILiO8. The summed E-state index contributed by atoms with van der Waals surface area (Å²) < 4.78 is 191. The molecule has 8 aromatic carbocycles. The van der Waals surface area contributed by atoms with Gasteiger partial charge in [0.2, 0.25) is 0 Å². The second kappa shape index (κ2) is 64.4. The second-order valence-electron chi connectivity index (χ2n) is 37.9. The molecule has 15 rings (SSSR count). The first-order valence-corrected chi connectivity index (χ1v) is 55.7. The van der Waals surface area contributed by atoms with Crippen molar-refractivity contribution >= 4 is 134 Å². The number of rotatable bonds is 26. The number of aldehydes is 2. The number of allylic oxidation sites excluding steroid dienone is 2. The Bertz CT molecular complexity index is 5230. The van der Waals surface area contributed by atoms with Crippen LogP contribution < -0.4 is 33.0 Å². The van der Waals surface area contributed by atoms with Crippen LogP contribution in [0.25, 0.3) is 16.7 Å². The molecule has 1 unspecified atom stereocenters. The smallest absolute Gasteiger partial charge is 0.537 e. The molecule has 142 heavy (non-hydrogen) atoms. The first-order valence-electron chi connectivity index (χ1n) is 50.6. The number of hydrogen-bond acceptors (Lipinski definition) is 8. The molecule has 8 aromatic rings. The van der Waals surface area contributed by atoms with Crippen molar-refractivity contribution in [3.05, 3.63) is 257 Å². The van der Waals surface area contributed by atoms with Crippen LogP contribution in [0.2, 0.25) is 0 Å². The number of benzene rings is 8. The molecule has 0 heterocycles. The molecule has 0 aromatic heterocycles. The third-order valence-electron chi connectivity index (χ3n) is 27.9. The molecule has 2 N–H and O–H groups in total. The molecule has 7 aliphatic rings. The first kappa shape index (κ1) is 125. The number of alkyl halides is 4. The number of hydrogen-bond donors (Lipinski definition) is 2. The number of ether oxygens (including phenoxy) is 2. The maximum atomic E-state index is 15.5. The monoisotopic (exact) mass is 2410 g/mol. The standard InChI is InChI=1S/C25H26F6O.C16H20BrFO.C15H20BrFO.C15H20BrF.C15H18BrF.C9H9BFO4.C9H16O.C6H3BrFI.C4H9.Li/c1-3-5-14-6-8-15(9-7-14)16-10-11-17-18-12-13-19(32-4-2)23(27)21(18)25(30,31)24(28,29)20(17)22(16)26;1-2-3-11-4-6-12(7-5-11)13-8-9-15(17)14(10-19)16(13)18;1-2-3-11-6-8-15(18,9-7-11)13-5-4-12(16)10-14(13)17;2*1-2-3-11-4-6-12(7-5-11)14-9-8-13(16)10-15(14)17;1-2-14-8-4-3-7(15-10-13)6(5-12)9(8)11;1-2-3-8-4-6-9(10)7-5-8;7-4-1-2-6(9)5(8)3-4;1-3-4-2;/h10-15H,3-9H2,1-2H3;8-12H,2-7H2,1H3;4-5,10-11,18H,2-3,6-9H2,1H3;8-12H,2-7H2,1H3;6,8-11H,2-5,7H2,1H3;3-5,13H,2H2,1H3;8H,2-7H2,1H3;1-3H;1,3-4H2,2H3;/q;;;;;;;;-1;+1. The number of aliphatic hydroxyl groups is 1. The van der Waals surface area contributed by atoms with Crippen LogP contribution in [0, 0.1) is 92.5 Å². The molecule has 0 saturated heterocycles. The quantitative estimate of drug-likeness (QED) is 0.0137. The van der Waals surface area contributed by atoms with Gasteiger partial charge in [0.1, 0.15) is 46.4 Å². The van der Waals surface area contributed by atoms with Crippen molar-refractivity contribution in [3.8, 4) is 28.4 Å². The van der Waals surface area contributed by atoms with Crippen LogP contribution in [0.4, 0.5) is 52.7 Å². The van der Waals surface area contributed by atoms with Gasteiger partial charge >= 0.3 is 38.4 Å². The zero-order valence-corrected chi connectivity index (χ0v) is 94.1. The first-order chi connectivity index (χ1) is 67.4. The fraction of sp³-hybridized carbons (Fsp3) is 0.526. The summed E-state index contributed by atoms with van der Waals surface area (Å²) in [4.78, 5) is 32.4. The summed E-state index contributed by atoms with van der Waals surface area (Å²) in [6, 6.07) is 31.9. The Morgan fingerprint density at radius 1 is 0.415 bits per heavy atom. The number of carbonyl (C=O) groups excluding carboxylic acids is 3. The molecule has 7 aliphatic carbocycles. The Hall–Kier alpha value is -5.22. The van der Waals surface area contributed by atoms with E-state index in [9.17, 15) is 50.2 Å². The van der Waals surface area contributed by atoms with E-state index >= 15 is 22.0 Å². The predicted octanol–water partition coefficient (Wildman–Crippen LogP) is 35.1. The van der Waals surface area contributed by atoms with Crippen molar-refractivity contribution in [1.29, 1.82) is 0 Å². The van der Waals surface area contributed by atoms with Crippen LogP contribution in [0.3, 0.4) is 0 Å². The van der Waals surface area contributed by atoms with Gasteiger partial charge < -0.3 is 31.2 Å². The van der Waals surface area contributed by atoms with Gasteiger partial charge in [0.05, 0.1) is 41.1 Å². The minimum Gasteiger partial charge on any atom is -0.537 e. The number of ketones is 1. The largest absolute Gasteiger partial charge is 1.00 e. The van der Waals surface area contributed by atoms with Crippen molar-refractivity contribution < 1.29 is 110 Å². The SMILES string of the molecule is CCCC1CC=C(c2ccc(Br)cc2F)CC1.CCCC1CCC(=O)CC1.CCCC1CCC(O)(c2ccc(Br)cc2F)CC1.CCCC1CCC(c2ccc(Br)c(C=O)c2F)CC1.CCCC1CCC(c2ccc(Br)cc2F)CC1.CCCC1CCC(c2ccc3c(c2F)C(F)(F)C(F)(F)c2c-3ccc(OCC)c2F)CC1.CCOc1ccc(O[B]O)c(C=O)c1F.Fc1cc(Br)ccc1I.[CH2-]CCC.[Li+]. The molecule has 28 heteroatoms. The maximum Gasteiger partial charge on any atom is 1.00 e. The van der Waals surface area contributed by atoms with E-state index in [0.717, 1.165) is 175 Å². The van der Waals surface area contributed by atoms with Crippen molar-refractivity contribution in [2.45, 2.75) is 335 Å². The molecule has 0 aliphatic heterocycles. The summed E-state index contributed by atoms with van der Waals surface area (Å²) in [6.45, 7) is 22.4. The number of Topliss-reactive ketones (excluding diaryl/α,β-unsaturated/α-hetero) is 1. The van der Waals surface area contributed by atoms with Gasteiger partial charge in [-0.05, 0) is 359 Å². The topological polar surface area (TPSA) is 119 Å². The second-order valence-corrected chi connectivity index (χ2v) is 43.5. The summed E-state index contributed by atoms with van der Waals surface area (Å²) in [5.74, 6) is -9.56. The van der Waals surface area contributed by atoms with Crippen LogP contribution in [0.1, 0.15) is 377 Å². The summed E-state index contributed by atoms with van der Waals surface area (Å²) in [5, 5.41) is 19.0. The fourth-order valence-corrected chi connectivity index (χ4v) is 22.3. The minimum absolute atomic E-state index is 0. The zero-order chi connectivity index (χ0) is 104. The summed E-state index contributed by atoms with van der Waals surface area (Å²) in [7, 11) is 0.377. The number of carbonyl (C=O) groups is 3.